The summed E-state index contributed by atoms with van der Waals surface area (Å²) in [4.78, 5) is 0. The summed E-state index contributed by atoms with van der Waals surface area (Å²) in [5, 5.41) is 19.7. The lowest BCUT2D eigenvalue weighted by Gasteiger charge is -2.35. The Labute approximate surface area is 72.6 Å². The molecule has 0 heterocycles. The van der Waals surface area contributed by atoms with Gasteiger partial charge in [-0.25, -0.2) is 0 Å². The van der Waals surface area contributed by atoms with E-state index in [0.717, 1.165) is 19.3 Å². The molecule has 4 fully saturated rings. The lowest BCUT2D eigenvalue weighted by atomic mass is 9.75. The fourth-order valence-corrected chi connectivity index (χ4v) is 4.12. The van der Waals surface area contributed by atoms with Gasteiger partial charge in [-0.15, -0.1) is 0 Å². The third-order valence-electron chi connectivity index (χ3n) is 4.65. The van der Waals surface area contributed by atoms with Crippen molar-refractivity contribution < 1.29 is 10.2 Å². The van der Waals surface area contributed by atoms with Gasteiger partial charge in [0.15, 0.2) is 0 Å². The molecule has 0 saturated heterocycles. The molecule has 2 heteroatoms. The lowest BCUT2D eigenvalue weighted by Crippen LogP contribution is -2.40. The number of hydrogen-bond acceptors (Lipinski definition) is 2. The number of rotatable bonds is 0. The highest BCUT2D eigenvalue weighted by Gasteiger charge is 2.63. The maximum absolute atomic E-state index is 9.88. The van der Waals surface area contributed by atoms with E-state index in [1.165, 1.54) is 0 Å². The van der Waals surface area contributed by atoms with Gasteiger partial charge in [0.25, 0.3) is 0 Å². The highest BCUT2D eigenvalue weighted by atomic mass is 16.3. The highest BCUT2D eigenvalue weighted by molar-refractivity contribution is 5.13. The first-order valence-electron chi connectivity index (χ1n) is 4.98. The van der Waals surface area contributed by atoms with E-state index in [9.17, 15) is 10.2 Å². The summed E-state index contributed by atoms with van der Waals surface area (Å²) in [6.45, 7) is 2.28. The van der Waals surface area contributed by atoms with Gasteiger partial charge in [0.05, 0.1) is 12.2 Å². The van der Waals surface area contributed by atoms with Crippen molar-refractivity contribution in [3.8, 4) is 0 Å². The number of aliphatic hydroxyl groups excluding tert-OH is 2. The molecule has 0 aromatic carbocycles. The van der Waals surface area contributed by atoms with Crippen LogP contribution in [0.4, 0.5) is 0 Å². The summed E-state index contributed by atoms with van der Waals surface area (Å²) >= 11 is 0. The Morgan fingerprint density at radius 1 is 1.17 bits per heavy atom. The predicted octanol–water partition coefficient (Wildman–Crippen LogP) is 0.774. The van der Waals surface area contributed by atoms with Gasteiger partial charge in [-0.3, -0.25) is 0 Å². The van der Waals surface area contributed by atoms with Gasteiger partial charge in [-0.1, -0.05) is 6.92 Å². The van der Waals surface area contributed by atoms with Crippen molar-refractivity contribution in [2.75, 3.05) is 0 Å². The van der Waals surface area contributed by atoms with Crippen molar-refractivity contribution >= 4 is 0 Å². The predicted molar refractivity (Wildman–Crippen MR) is 44.4 cm³/mol. The molecule has 0 spiro atoms. The van der Waals surface area contributed by atoms with Crippen LogP contribution in [0.25, 0.3) is 0 Å². The zero-order valence-electron chi connectivity index (χ0n) is 7.40. The second-order valence-electron chi connectivity index (χ2n) is 5.31. The average molecular weight is 168 g/mol. The summed E-state index contributed by atoms with van der Waals surface area (Å²) in [5.74, 6) is 1.20. The Morgan fingerprint density at radius 3 is 2.58 bits per heavy atom. The van der Waals surface area contributed by atoms with Crippen LogP contribution in [-0.4, -0.2) is 22.4 Å². The van der Waals surface area contributed by atoms with Crippen molar-refractivity contribution in [1.82, 2.24) is 0 Å². The van der Waals surface area contributed by atoms with Gasteiger partial charge < -0.3 is 10.2 Å². The van der Waals surface area contributed by atoms with Crippen LogP contribution in [0.5, 0.6) is 0 Å². The smallest absolute Gasteiger partial charge is 0.0626 e. The zero-order valence-corrected chi connectivity index (χ0v) is 7.40. The largest absolute Gasteiger partial charge is 0.392 e. The zero-order chi connectivity index (χ0) is 8.51. The standard InChI is InChI=1S/C10H16O2/c1-10-3-5-2-7(10)9(12)6(4-10)8(5)11/h5-9,11-12H,2-4H2,1H3/t5?,6?,7?,8?,9-,10?/m0/s1. The summed E-state index contributed by atoms with van der Waals surface area (Å²) < 4.78 is 0. The fraction of sp³-hybridized carbons (Fsp3) is 1.00. The summed E-state index contributed by atoms with van der Waals surface area (Å²) in [7, 11) is 0. The van der Waals surface area contributed by atoms with Crippen molar-refractivity contribution in [2.24, 2.45) is 23.2 Å². The first kappa shape index (κ1) is 7.34. The Morgan fingerprint density at radius 2 is 1.92 bits per heavy atom. The molecule has 2 nitrogen and oxygen atoms in total. The lowest BCUT2D eigenvalue weighted by molar-refractivity contribution is -0.0487. The van der Waals surface area contributed by atoms with E-state index in [-0.39, 0.29) is 18.1 Å². The minimum atomic E-state index is -0.205. The Kier molecular flexibility index (Phi) is 1.15. The molecule has 4 saturated carbocycles. The van der Waals surface area contributed by atoms with Crippen LogP contribution in [0.3, 0.4) is 0 Å². The van der Waals surface area contributed by atoms with Crippen molar-refractivity contribution in [3.05, 3.63) is 0 Å². The molecule has 0 radical (unpaired) electrons. The number of aliphatic hydroxyl groups is 2. The van der Waals surface area contributed by atoms with E-state index in [4.69, 9.17) is 0 Å². The van der Waals surface area contributed by atoms with Crippen LogP contribution >= 0.6 is 0 Å². The van der Waals surface area contributed by atoms with E-state index < -0.39 is 0 Å². The Hall–Kier alpha value is -0.0800. The third-order valence-corrected chi connectivity index (χ3v) is 4.65. The maximum Gasteiger partial charge on any atom is 0.0626 e. The van der Waals surface area contributed by atoms with Crippen molar-refractivity contribution in [3.63, 3.8) is 0 Å². The molecule has 5 unspecified atom stereocenters. The van der Waals surface area contributed by atoms with Gasteiger partial charge >= 0.3 is 0 Å². The quantitative estimate of drug-likeness (QED) is 0.561. The summed E-state index contributed by atoms with van der Waals surface area (Å²) in [6.07, 6.45) is 2.86. The molecular formula is C10H16O2. The SMILES string of the molecule is CC12CC3CC1[C@@H](O)C(C2)C3O. The van der Waals surface area contributed by atoms with Gasteiger partial charge in [0.2, 0.25) is 0 Å². The first-order chi connectivity index (χ1) is 5.62. The molecule has 6 atom stereocenters. The third kappa shape index (κ3) is 0.612. The first-order valence-corrected chi connectivity index (χ1v) is 4.98. The van der Waals surface area contributed by atoms with E-state index in [0.29, 0.717) is 17.3 Å². The minimum absolute atomic E-state index is 0.201. The van der Waals surface area contributed by atoms with E-state index >= 15 is 0 Å². The van der Waals surface area contributed by atoms with E-state index in [2.05, 4.69) is 6.92 Å². The second-order valence-corrected chi connectivity index (χ2v) is 5.31. The van der Waals surface area contributed by atoms with Crippen LogP contribution in [0, 0.1) is 23.2 Å². The van der Waals surface area contributed by atoms with Crippen LogP contribution in [0.1, 0.15) is 26.2 Å². The molecule has 68 valence electrons. The van der Waals surface area contributed by atoms with Gasteiger partial charge in [0.1, 0.15) is 0 Å². The summed E-state index contributed by atoms with van der Waals surface area (Å²) in [5.41, 5.74) is 0.369. The van der Waals surface area contributed by atoms with E-state index in [1.54, 1.807) is 0 Å². The van der Waals surface area contributed by atoms with Crippen molar-refractivity contribution in [1.29, 1.82) is 0 Å². The maximum atomic E-state index is 9.88. The second kappa shape index (κ2) is 1.88. The molecule has 0 amide bonds. The minimum Gasteiger partial charge on any atom is -0.392 e. The molecule has 0 aromatic rings. The van der Waals surface area contributed by atoms with Gasteiger partial charge in [-0.05, 0) is 36.5 Å². The normalized spacial score (nSPS) is 67.8. The molecule has 12 heavy (non-hydrogen) atoms. The van der Waals surface area contributed by atoms with Crippen LogP contribution in [-0.2, 0) is 0 Å². The van der Waals surface area contributed by atoms with Crippen LogP contribution < -0.4 is 0 Å². The molecule has 0 aliphatic heterocycles. The molecular weight excluding hydrogens is 152 g/mol. The molecule has 4 rings (SSSR count). The highest BCUT2D eigenvalue weighted by Crippen LogP contribution is 2.64. The molecule has 4 bridgehead atoms. The fourth-order valence-electron chi connectivity index (χ4n) is 4.12. The topological polar surface area (TPSA) is 40.5 Å². The molecule has 2 N–H and O–H groups in total. The van der Waals surface area contributed by atoms with Gasteiger partial charge in [-0.2, -0.15) is 0 Å². The Bertz CT molecular complexity index is 228. The molecule has 4 aliphatic carbocycles. The van der Waals surface area contributed by atoms with Crippen LogP contribution in [0.2, 0.25) is 0 Å². The molecule has 0 aromatic heterocycles. The number of hydrogen-bond donors (Lipinski definition) is 2. The summed E-state index contributed by atoms with van der Waals surface area (Å²) in [6, 6.07) is 0. The van der Waals surface area contributed by atoms with Crippen LogP contribution in [0.15, 0.2) is 0 Å². The van der Waals surface area contributed by atoms with Gasteiger partial charge in [0, 0.05) is 5.92 Å². The van der Waals surface area contributed by atoms with E-state index in [1.807, 2.05) is 0 Å². The Balaban J connectivity index is 2.04. The monoisotopic (exact) mass is 168 g/mol. The molecule has 4 aliphatic rings. The van der Waals surface area contributed by atoms with Crippen molar-refractivity contribution in [2.45, 2.75) is 38.4 Å². The average Bonchev–Trinajstić information content (AvgIpc) is 2.39.